The molecule has 1 aromatic carbocycles. The number of rotatable bonds is 12. The molecule has 11 heteroatoms. The Morgan fingerprint density at radius 1 is 1.25 bits per heavy atom. The van der Waals surface area contributed by atoms with Gasteiger partial charge in [-0.3, -0.25) is 9.59 Å². The third kappa shape index (κ3) is 7.15. The average molecular weight is 556 g/mol. The molecule has 36 heavy (non-hydrogen) atoms. The maximum absolute atomic E-state index is 14.8. The van der Waals surface area contributed by atoms with Crippen LogP contribution in [-0.2, 0) is 14.8 Å². The van der Waals surface area contributed by atoms with Gasteiger partial charge in [-0.1, -0.05) is 11.6 Å². The predicted molar refractivity (Wildman–Crippen MR) is 143 cm³/mol. The van der Waals surface area contributed by atoms with Crippen molar-refractivity contribution in [3.05, 3.63) is 56.3 Å². The minimum Gasteiger partial charge on any atom is -0.345 e. The van der Waals surface area contributed by atoms with Crippen molar-refractivity contribution in [1.82, 2.24) is 9.21 Å². The van der Waals surface area contributed by atoms with E-state index in [4.69, 9.17) is 11.6 Å². The van der Waals surface area contributed by atoms with E-state index >= 15 is 0 Å². The van der Waals surface area contributed by atoms with Crippen LogP contribution < -0.4 is 4.90 Å². The fourth-order valence-electron chi connectivity index (χ4n) is 3.80. The normalized spacial score (nSPS) is 15.1. The molecule has 1 aliphatic carbocycles. The maximum atomic E-state index is 14.8. The van der Waals surface area contributed by atoms with E-state index in [1.165, 1.54) is 43.0 Å². The summed E-state index contributed by atoms with van der Waals surface area (Å²) in [5.41, 5.74) is 0.814. The number of benzene rings is 1. The Hall–Kier alpha value is -2.27. The topological polar surface area (TPSA) is 78.0 Å². The van der Waals surface area contributed by atoms with Crippen molar-refractivity contribution in [2.24, 2.45) is 5.92 Å². The van der Waals surface area contributed by atoms with Crippen LogP contribution in [0.3, 0.4) is 0 Å². The number of carbonyl (C=O) groups excluding carboxylic acids is 2. The largest absolute Gasteiger partial charge is 0.345 e. The van der Waals surface area contributed by atoms with Crippen molar-refractivity contribution in [2.45, 2.75) is 39.2 Å². The van der Waals surface area contributed by atoms with Crippen molar-refractivity contribution >= 4 is 56.5 Å². The van der Waals surface area contributed by atoms with Gasteiger partial charge in [0.05, 0.1) is 15.4 Å². The number of anilines is 1. The second kappa shape index (κ2) is 11.9. The van der Waals surface area contributed by atoms with Gasteiger partial charge in [-0.05, 0) is 74.9 Å². The number of hydrogen-bond donors (Lipinski definition) is 0. The fraction of sp³-hybridized carbons (Fsp3) is 0.440. The highest BCUT2D eigenvalue weighted by Gasteiger charge is 2.33. The molecule has 2 aromatic rings. The SMILES string of the molecule is C/C(=C\S(=O)(=O)N(CC1CC1)[C@H](C)CCN(C=O)c1ccc(C(=O)N(C)C)cc1F)c1ccc(Cl)s1. The first-order valence-corrected chi connectivity index (χ1v) is 14.3. The average Bonchev–Trinajstić information content (AvgIpc) is 3.54. The van der Waals surface area contributed by atoms with Crippen LogP contribution in [0.1, 0.15) is 48.3 Å². The van der Waals surface area contributed by atoms with Gasteiger partial charge in [0.1, 0.15) is 5.82 Å². The van der Waals surface area contributed by atoms with Crippen molar-refractivity contribution in [3.8, 4) is 0 Å². The lowest BCUT2D eigenvalue weighted by atomic mass is 10.1. The van der Waals surface area contributed by atoms with Crippen LogP contribution in [0, 0.1) is 11.7 Å². The smallest absolute Gasteiger partial charge is 0.253 e. The molecule has 0 saturated heterocycles. The molecule has 0 aliphatic heterocycles. The lowest BCUT2D eigenvalue weighted by molar-refractivity contribution is -0.107. The molecule has 1 atom stereocenters. The van der Waals surface area contributed by atoms with Crippen LogP contribution in [0.2, 0.25) is 4.34 Å². The standard InChI is InChI=1S/C25H31ClFN3O4S2/c1-17(23-9-10-24(26)35-23)15-36(33,34)30(14-19-5-6-19)18(2)11-12-29(16-31)22-8-7-20(13-21(22)27)25(32)28(3)4/h7-10,13,15-16,18-19H,5-6,11-12,14H2,1-4H3/b17-15+/t18-/m1/s1. The molecule has 3 rings (SSSR count). The Balaban J connectivity index is 1.76. The van der Waals surface area contributed by atoms with E-state index in [9.17, 15) is 22.4 Å². The van der Waals surface area contributed by atoms with Crippen LogP contribution >= 0.6 is 22.9 Å². The van der Waals surface area contributed by atoms with Crippen LogP contribution in [-0.4, -0.2) is 63.2 Å². The molecule has 0 spiro atoms. The summed E-state index contributed by atoms with van der Waals surface area (Å²) in [6.45, 7) is 4.04. The minimum atomic E-state index is -3.75. The van der Waals surface area contributed by atoms with Crippen LogP contribution in [0.15, 0.2) is 35.7 Å². The monoisotopic (exact) mass is 555 g/mol. The van der Waals surface area contributed by atoms with Gasteiger partial charge < -0.3 is 9.80 Å². The molecule has 0 N–H and O–H groups in total. The highest BCUT2D eigenvalue weighted by Crippen LogP contribution is 2.33. The number of halogens is 2. The van der Waals surface area contributed by atoms with Gasteiger partial charge >= 0.3 is 0 Å². The number of thiophene rings is 1. The third-order valence-corrected chi connectivity index (χ3v) is 9.25. The summed E-state index contributed by atoms with van der Waals surface area (Å²) in [7, 11) is -0.613. The summed E-state index contributed by atoms with van der Waals surface area (Å²) in [6, 6.07) is 7.05. The van der Waals surface area contributed by atoms with Gasteiger partial charge in [-0.15, -0.1) is 11.3 Å². The maximum Gasteiger partial charge on any atom is 0.253 e. The molecule has 1 saturated carbocycles. The summed E-state index contributed by atoms with van der Waals surface area (Å²) in [6.07, 6.45) is 2.78. The molecule has 196 valence electrons. The van der Waals surface area contributed by atoms with Gasteiger partial charge in [0.2, 0.25) is 16.4 Å². The Kier molecular flexibility index (Phi) is 9.32. The Labute approximate surface area is 221 Å². The fourth-order valence-corrected chi connectivity index (χ4v) is 6.62. The first-order chi connectivity index (χ1) is 16.9. The summed E-state index contributed by atoms with van der Waals surface area (Å²) < 4.78 is 43.6. The molecule has 0 bridgehead atoms. The molecular formula is C25H31ClFN3O4S2. The predicted octanol–water partition coefficient (Wildman–Crippen LogP) is 5.09. The number of hydrogen-bond acceptors (Lipinski definition) is 5. The molecule has 1 aliphatic rings. The van der Waals surface area contributed by atoms with Gasteiger partial charge in [0, 0.05) is 43.7 Å². The van der Waals surface area contributed by atoms with Crippen LogP contribution in [0.25, 0.3) is 5.57 Å². The van der Waals surface area contributed by atoms with Crippen LogP contribution in [0.4, 0.5) is 10.1 Å². The summed E-state index contributed by atoms with van der Waals surface area (Å²) >= 11 is 7.32. The van der Waals surface area contributed by atoms with E-state index in [2.05, 4.69) is 0 Å². The van der Waals surface area contributed by atoms with Gasteiger partial charge in [0.15, 0.2) is 0 Å². The number of allylic oxidation sites excluding steroid dienone is 1. The number of carbonyl (C=O) groups is 2. The zero-order valence-electron chi connectivity index (χ0n) is 20.8. The quantitative estimate of drug-likeness (QED) is 0.342. The highest BCUT2D eigenvalue weighted by atomic mass is 35.5. The molecule has 1 heterocycles. The molecule has 2 amide bonds. The van der Waals surface area contributed by atoms with E-state index in [0.29, 0.717) is 35.2 Å². The minimum absolute atomic E-state index is 0.0365. The van der Waals surface area contributed by atoms with Gasteiger partial charge in [-0.2, -0.15) is 4.31 Å². The van der Waals surface area contributed by atoms with Gasteiger partial charge in [-0.25, -0.2) is 12.8 Å². The van der Waals surface area contributed by atoms with Gasteiger partial charge in [0.25, 0.3) is 5.91 Å². The van der Waals surface area contributed by atoms with Crippen LogP contribution in [0.5, 0.6) is 0 Å². The van der Waals surface area contributed by atoms with Crippen molar-refractivity contribution < 1.29 is 22.4 Å². The molecule has 0 radical (unpaired) electrons. The van der Waals surface area contributed by atoms with E-state index in [0.717, 1.165) is 23.8 Å². The highest BCUT2D eigenvalue weighted by molar-refractivity contribution is 7.92. The summed E-state index contributed by atoms with van der Waals surface area (Å²) in [4.78, 5) is 27.2. The molecular weight excluding hydrogens is 525 g/mol. The Bertz CT molecular complexity index is 1240. The molecule has 1 fully saturated rings. The lowest BCUT2D eigenvalue weighted by Crippen LogP contribution is -2.41. The van der Waals surface area contributed by atoms with E-state index in [1.807, 2.05) is 0 Å². The van der Waals surface area contributed by atoms with E-state index in [1.54, 1.807) is 40.1 Å². The molecule has 7 nitrogen and oxygen atoms in total. The van der Waals surface area contributed by atoms with E-state index in [-0.39, 0.29) is 23.7 Å². The van der Waals surface area contributed by atoms with E-state index < -0.39 is 21.9 Å². The zero-order chi connectivity index (χ0) is 26.6. The van der Waals surface area contributed by atoms with Crippen molar-refractivity contribution in [1.29, 1.82) is 0 Å². The molecule has 1 aromatic heterocycles. The Morgan fingerprint density at radius 2 is 1.94 bits per heavy atom. The summed E-state index contributed by atoms with van der Waals surface area (Å²) in [5, 5.41) is 1.27. The number of sulfonamides is 1. The first-order valence-electron chi connectivity index (χ1n) is 11.6. The third-order valence-electron chi connectivity index (χ3n) is 6.07. The second-order valence-electron chi connectivity index (χ2n) is 9.26. The Morgan fingerprint density at radius 3 is 2.47 bits per heavy atom. The molecule has 0 unspecified atom stereocenters. The lowest BCUT2D eigenvalue weighted by Gasteiger charge is -2.29. The van der Waals surface area contributed by atoms with Crippen molar-refractivity contribution in [2.75, 3.05) is 32.1 Å². The summed E-state index contributed by atoms with van der Waals surface area (Å²) in [5.74, 6) is -0.729. The first kappa shape index (κ1) is 28.3. The zero-order valence-corrected chi connectivity index (χ0v) is 23.2. The number of nitrogens with zero attached hydrogens (tertiary/aromatic N) is 3. The van der Waals surface area contributed by atoms with Crippen molar-refractivity contribution in [3.63, 3.8) is 0 Å². The second-order valence-corrected chi connectivity index (χ2v) is 12.7. The number of amides is 2.